The minimum absolute atomic E-state index is 0.100. The Labute approximate surface area is 98.0 Å². The summed E-state index contributed by atoms with van der Waals surface area (Å²) in [4.78, 5) is 15.9. The van der Waals surface area contributed by atoms with E-state index in [0.717, 1.165) is 13.0 Å². The average molecular weight is 225 g/mol. The van der Waals surface area contributed by atoms with Crippen molar-refractivity contribution in [2.75, 3.05) is 33.7 Å². The molecule has 2 rings (SSSR count). The third kappa shape index (κ3) is 2.23. The van der Waals surface area contributed by atoms with Gasteiger partial charge in [-0.05, 0) is 46.4 Å². The van der Waals surface area contributed by atoms with Gasteiger partial charge in [0.2, 0.25) is 5.91 Å². The van der Waals surface area contributed by atoms with E-state index in [2.05, 4.69) is 29.2 Å². The van der Waals surface area contributed by atoms with Crippen LogP contribution in [0.3, 0.4) is 0 Å². The summed E-state index contributed by atoms with van der Waals surface area (Å²) >= 11 is 0. The third-order valence-corrected chi connectivity index (χ3v) is 4.26. The van der Waals surface area contributed by atoms with Gasteiger partial charge in [0, 0.05) is 25.0 Å². The zero-order valence-corrected chi connectivity index (χ0v) is 10.6. The molecule has 2 heterocycles. The zero-order valence-electron chi connectivity index (χ0n) is 10.6. The van der Waals surface area contributed by atoms with Crippen molar-refractivity contribution >= 4 is 5.91 Å². The van der Waals surface area contributed by atoms with Crippen LogP contribution in [0.2, 0.25) is 0 Å². The number of amides is 1. The van der Waals surface area contributed by atoms with Crippen molar-refractivity contribution in [2.24, 2.45) is 0 Å². The summed E-state index contributed by atoms with van der Waals surface area (Å²) < 4.78 is 0. The van der Waals surface area contributed by atoms with Crippen LogP contribution in [0.15, 0.2) is 0 Å². The Bertz CT molecular complexity index is 271. The fraction of sp³-hybridized carbons (Fsp3) is 0.917. The maximum absolute atomic E-state index is 11.1. The standard InChI is InChI=1S/C12H23N3O/c1-10(16)13-11-8-12(15(3)9-11)4-6-14(2)7-5-12/h11H,4-9H2,1-3H3,(H,13,16)/t11-/m1/s1. The van der Waals surface area contributed by atoms with E-state index < -0.39 is 0 Å². The number of rotatable bonds is 1. The SMILES string of the molecule is CC(=O)N[C@H]1CN(C)C2(CCN(C)CC2)C1. The normalized spacial score (nSPS) is 30.8. The van der Waals surface area contributed by atoms with E-state index in [4.69, 9.17) is 0 Å². The Balaban J connectivity index is 1.98. The van der Waals surface area contributed by atoms with E-state index in [0.29, 0.717) is 11.6 Å². The van der Waals surface area contributed by atoms with Gasteiger partial charge in [0.1, 0.15) is 0 Å². The Morgan fingerprint density at radius 3 is 2.50 bits per heavy atom. The molecule has 1 N–H and O–H groups in total. The lowest BCUT2D eigenvalue weighted by Crippen LogP contribution is -2.49. The van der Waals surface area contributed by atoms with Gasteiger partial charge >= 0.3 is 0 Å². The van der Waals surface area contributed by atoms with Gasteiger partial charge in [-0.25, -0.2) is 0 Å². The number of nitrogens with one attached hydrogen (secondary N) is 1. The first-order valence-electron chi connectivity index (χ1n) is 6.19. The van der Waals surface area contributed by atoms with E-state index in [-0.39, 0.29) is 5.91 Å². The van der Waals surface area contributed by atoms with Crippen LogP contribution in [0.1, 0.15) is 26.2 Å². The predicted molar refractivity (Wildman–Crippen MR) is 64.3 cm³/mol. The largest absolute Gasteiger partial charge is 0.352 e. The minimum atomic E-state index is 0.100. The Kier molecular flexibility index (Phi) is 3.22. The molecule has 0 aromatic carbocycles. The van der Waals surface area contributed by atoms with Crippen molar-refractivity contribution in [1.82, 2.24) is 15.1 Å². The van der Waals surface area contributed by atoms with Crippen molar-refractivity contribution in [3.8, 4) is 0 Å². The maximum atomic E-state index is 11.1. The summed E-state index contributed by atoms with van der Waals surface area (Å²) in [5, 5.41) is 3.06. The molecule has 0 aliphatic carbocycles. The van der Waals surface area contributed by atoms with E-state index in [1.54, 1.807) is 6.92 Å². The van der Waals surface area contributed by atoms with Crippen LogP contribution >= 0.6 is 0 Å². The molecule has 0 unspecified atom stereocenters. The van der Waals surface area contributed by atoms with Crippen LogP contribution in [0, 0.1) is 0 Å². The maximum Gasteiger partial charge on any atom is 0.217 e. The van der Waals surface area contributed by atoms with Gasteiger partial charge in [0.25, 0.3) is 0 Å². The molecular formula is C12H23N3O. The number of carbonyl (C=O) groups is 1. The lowest BCUT2D eigenvalue weighted by atomic mass is 9.84. The molecule has 2 aliphatic heterocycles. The van der Waals surface area contributed by atoms with Gasteiger partial charge < -0.3 is 10.2 Å². The van der Waals surface area contributed by atoms with Gasteiger partial charge in [-0.15, -0.1) is 0 Å². The first-order valence-corrected chi connectivity index (χ1v) is 6.19. The molecule has 1 spiro atoms. The topological polar surface area (TPSA) is 35.6 Å². The minimum Gasteiger partial charge on any atom is -0.352 e. The number of hydrogen-bond acceptors (Lipinski definition) is 3. The Morgan fingerprint density at radius 2 is 1.94 bits per heavy atom. The highest BCUT2D eigenvalue weighted by Crippen LogP contribution is 2.36. The van der Waals surface area contributed by atoms with Crippen LogP contribution in [0.5, 0.6) is 0 Å². The molecule has 4 heteroatoms. The molecular weight excluding hydrogens is 202 g/mol. The highest BCUT2D eigenvalue weighted by atomic mass is 16.1. The number of nitrogens with zero attached hydrogens (tertiary/aromatic N) is 2. The predicted octanol–water partition coefficient (Wildman–Crippen LogP) is 0.291. The summed E-state index contributed by atoms with van der Waals surface area (Å²) in [6.45, 7) is 4.97. The van der Waals surface area contributed by atoms with E-state index in [9.17, 15) is 4.79 Å². The molecule has 92 valence electrons. The third-order valence-electron chi connectivity index (χ3n) is 4.26. The molecule has 16 heavy (non-hydrogen) atoms. The van der Waals surface area contributed by atoms with E-state index in [1.165, 1.54) is 25.9 Å². The molecule has 4 nitrogen and oxygen atoms in total. The second-order valence-corrected chi connectivity index (χ2v) is 5.51. The van der Waals surface area contributed by atoms with Crippen molar-refractivity contribution in [2.45, 2.75) is 37.8 Å². The van der Waals surface area contributed by atoms with Crippen LogP contribution in [-0.4, -0.2) is 61.0 Å². The monoisotopic (exact) mass is 225 g/mol. The van der Waals surface area contributed by atoms with Crippen molar-refractivity contribution in [3.63, 3.8) is 0 Å². The number of piperidine rings is 1. The van der Waals surface area contributed by atoms with E-state index >= 15 is 0 Å². The number of carbonyl (C=O) groups excluding carboxylic acids is 1. The van der Waals surface area contributed by atoms with Gasteiger partial charge in [0.05, 0.1) is 0 Å². The fourth-order valence-electron chi connectivity index (χ4n) is 3.21. The van der Waals surface area contributed by atoms with Crippen LogP contribution in [0.25, 0.3) is 0 Å². The molecule has 0 aromatic heterocycles. The molecule has 0 aromatic rings. The quantitative estimate of drug-likeness (QED) is 0.697. The van der Waals surface area contributed by atoms with Crippen LogP contribution < -0.4 is 5.32 Å². The van der Waals surface area contributed by atoms with Crippen LogP contribution in [0.4, 0.5) is 0 Å². The summed E-state index contributed by atoms with van der Waals surface area (Å²) in [6.07, 6.45) is 3.59. The van der Waals surface area contributed by atoms with Gasteiger partial charge in [-0.2, -0.15) is 0 Å². The van der Waals surface area contributed by atoms with Gasteiger partial charge in [-0.3, -0.25) is 9.69 Å². The van der Waals surface area contributed by atoms with Gasteiger partial charge in [0.15, 0.2) is 0 Å². The van der Waals surface area contributed by atoms with Crippen molar-refractivity contribution in [3.05, 3.63) is 0 Å². The second-order valence-electron chi connectivity index (χ2n) is 5.51. The Morgan fingerprint density at radius 1 is 1.31 bits per heavy atom. The van der Waals surface area contributed by atoms with Crippen molar-refractivity contribution < 1.29 is 4.79 Å². The lowest BCUT2D eigenvalue weighted by Gasteiger charge is -2.42. The van der Waals surface area contributed by atoms with Crippen molar-refractivity contribution in [1.29, 1.82) is 0 Å². The fourth-order valence-corrected chi connectivity index (χ4v) is 3.21. The van der Waals surface area contributed by atoms with E-state index in [1.807, 2.05) is 0 Å². The first kappa shape index (κ1) is 11.9. The average Bonchev–Trinajstić information content (AvgIpc) is 2.48. The summed E-state index contributed by atoms with van der Waals surface area (Å²) in [5.74, 6) is 0.100. The summed E-state index contributed by atoms with van der Waals surface area (Å²) in [6, 6.07) is 0.353. The summed E-state index contributed by atoms with van der Waals surface area (Å²) in [7, 11) is 4.39. The molecule has 0 bridgehead atoms. The zero-order chi connectivity index (χ0) is 11.8. The molecule has 0 radical (unpaired) electrons. The highest BCUT2D eigenvalue weighted by molar-refractivity contribution is 5.73. The lowest BCUT2D eigenvalue weighted by molar-refractivity contribution is -0.119. The molecule has 1 atom stereocenters. The molecule has 2 saturated heterocycles. The van der Waals surface area contributed by atoms with Gasteiger partial charge in [-0.1, -0.05) is 0 Å². The Hall–Kier alpha value is -0.610. The summed E-state index contributed by atoms with van der Waals surface area (Å²) in [5.41, 5.74) is 0.347. The molecule has 2 aliphatic rings. The number of hydrogen-bond donors (Lipinski definition) is 1. The van der Waals surface area contributed by atoms with Crippen LogP contribution in [-0.2, 0) is 4.79 Å². The highest BCUT2D eigenvalue weighted by Gasteiger charge is 2.44. The first-order chi connectivity index (χ1) is 7.52. The smallest absolute Gasteiger partial charge is 0.217 e. The number of likely N-dealkylation sites (tertiary alicyclic amines) is 2. The molecule has 2 fully saturated rings. The number of likely N-dealkylation sites (N-methyl/N-ethyl adjacent to an activating group) is 1. The molecule has 0 saturated carbocycles. The molecule has 1 amide bonds. The second kappa shape index (κ2) is 4.34.